The van der Waals surface area contributed by atoms with Crippen molar-refractivity contribution in [3.63, 3.8) is 0 Å². The van der Waals surface area contributed by atoms with Gasteiger partial charge in [0, 0.05) is 6.42 Å². The molecule has 0 aromatic carbocycles. The van der Waals surface area contributed by atoms with Crippen molar-refractivity contribution in [3.8, 4) is 0 Å². The van der Waals surface area contributed by atoms with Gasteiger partial charge in [0.05, 0.1) is 12.2 Å². The second kappa shape index (κ2) is 7.27. The third-order valence-corrected chi connectivity index (χ3v) is 10.2. The highest BCUT2D eigenvalue weighted by Gasteiger charge is 2.62. The number of rotatable bonds is 4. The fourth-order valence-electron chi connectivity index (χ4n) is 8.73. The van der Waals surface area contributed by atoms with Crippen molar-refractivity contribution in [1.29, 1.82) is 0 Å². The summed E-state index contributed by atoms with van der Waals surface area (Å²) >= 11 is 0. The van der Waals surface area contributed by atoms with Crippen molar-refractivity contribution < 1.29 is 20.1 Å². The molecule has 0 amide bonds. The van der Waals surface area contributed by atoms with Crippen LogP contribution in [0.15, 0.2) is 0 Å². The third kappa shape index (κ3) is 3.14. The zero-order valence-corrected chi connectivity index (χ0v) is 17.9. The van der Waals surface area contributed by atoms with Crippen LogP contribution in [0.25, 0.3) is 0 Å². The fraction of sp³-hybridized carbons (Fsp3) is 0.958. The molecule has 4 saturated carbocycles. The van der Waals surface area contributed by atoms with Crippen molar-refractivity contribution in [2.45, 2.75) is 97.2 Å². The van der Waals surface area contributed by atoms with Crippen LogP contribution in [0.5, 0.6) is 0 Å². The van der Waals surface area contributed by atoms with Gasteiger partial charge in [-0.2, -0.15) is 0 Å². The third-order valence-electron chi connectivity index (χ3n) is 10.2. The van der Waals surface area contributed by atoms with Gasteiger partial charge in [-0.3, -0.25) is 4.79 Å². The average molecular weight is 393 g/mol. The molecule has 4 fully saturated rings. The van der Waals surface area contributed by atoms with E-state index in [1.807, 2.05) is 0 Å². The SMILES string of the molecule is C[C@H](CCC(=O)O)[C@H]1CC[C@@H]2[C@@H]3[C@@H](CC[C@@]21C)[C@@]1(C)CC[C@@H](O)C[C@H]1C[C@@H]3O. The smallest absolute Gasteiger partial charge is 0.303 e. The maximum absolute atomic E-state index is 11.2. The van der Waals surface area contributed by atoms with Crippen LogP contribution in [0, 0.1) is 46.3 Å². The molecule has 4 heteroatoms. The van der Waals surface area contributed by atoms with Gasteiger partial charge >= 0.3 is 5.97 Å². The van der Waals surface area contributed by atoms with Gasteiger partial charge in [-0.1, -0.05) is 20.8 Å². The maximum Gasteiger partial charge on any atom is 0.303 e. The monoisotopic (exact) mass is 392 g/mol. The van der Waals surface area contributed by atoms with E-state index in [-0.39, 0.29) is 29.5 Å². The summed E-state index contributed by atoms with van der Waals surface area (Å²) in [5.74, 6) is 2.36. The number of fused-ring (bicyclic) bond motifs is 5. The van der Waals surface area contributed by atoms with Crippen LogP contribution in [0.2, 0.25) is 0 Å². The highest BCUT2D eigenvalue weighted by Crippen LogP contribution is 2.68. The second-order valence-corrected chi connectivity index (χ2v) is 11.4. The Morgan fingerprint density at radius 1 is 1.00 bits per heavy atom. The number of carboxylic acid groups (broad SMARTS) is 1. The van der Waals surface area contributed by atoms with E-state index < -0.39 is 5.97 Å². The molecule has 4 nitrogen and oxygen atoms in total. The topological polar surface area (TPSA) is 77.8 Å². The van der Waals surface area contributed by atoms with Crippen LogP contribution in [0.1, 0.15) is 85.0 Å². The molecule has 0 saturated heterocycles. The zero-order valence-electron chi connectivity index (χ0n) is 17.9. The lowest BCUT2D eigenvalue weighted by Crippen LogP contribution is -2.58. The van der Waals surface area contributed by atoms with Crippen LogP contribution in [0.4, 0.5) is 0 Å². The summed E-state index contributed by atoms with van der Waals surface area (Å²) in [6.45, 7) is 7.16. The summed E-state index contributed by atoms with van der Waals surface area (Å²) in [5.41, 5.74) is 0.523. The molecule has 0 radical (unpaired) electrons. The van der Waals surface area contributed by atoms with E-state index >= 15 is 0 Å². The van der Waals surface area contributed by atoms with Crippen molar-refractivity contribution in [2.24, 2.45) is 46.3 Å². The molecule has 0 heterocycles. The molecule has 0 spiro atoms. The minimum Gasteiger partial charge on any atom is -0.481 e. The molecule has 0 bridgehead atoms. The number of carboxylic acids is 1. The van der Waals surface area contributed by atoms with E-state index in [9.17, 15) is 15.0 Å². The minimum absolute atomic E-state index is 0.179. The Bertz CT molecular complexity index is 605. The number of aliphatic hydroxyl groups excluding tert-OH is 2. The predicted octanol–water partition coefficient (Wildman–Crippen LogP) is 4.48. The standard InChI is InChI=1S/C24H40O4/c1-14(4-7-21(27)28)17-5-6-18-22-19(9-11-24(17,18)3)23(2)10-8-16(25)12-15(23)13-20(22)26/h14-20,22,25-26H,4-13H2,1-3H3,(H,27,28)/t14-,15+,16-,17-,18-,19-,20+,22-,23+,24-/m1/s1. The quantitative estimate of drug-likeness (QED) is 0.659. The van der Waals surface area contributed by atoms with Crippen molar-refractivity contribution in [1.82, 2.24) is 0 Å². The Kier molecular flexibility index (Phi) is 5.36. The van der Waals surface area contributed by atoms with Crippen LogP contribution in [-0.4, -0.2) is 33.5 Å². The summed E-state index contributed by atoms with van der Waals surface area (Å²) < 4.78 is 0. The largest absolute Gasteiger partial charge is 0.481 e. The van der Waals surface area contributed by atoms with Crippen LogP contribution >= 0.6 is 0 Å². The Morgan fingerprint density at radius 3 is 2.39 bits per heavy atom. The number of carbonyl (C=O) groups is 1. The molecule has 4 aliphatic rings. The van der Waals surface area contributed by atoms with Gasteiger partial charge in [0.1, 0.15) is 0 Å². The molecular weight excluding hydrogens is 352 g/mol. The van der Waals surface area contributed by atoms with E-state index in [2.05, 4.69) is 20.8 Å². The molecule has 0 aromatic rings. The van der Waals surface area contributed by atoms with Crippen molar-refractivity contribution in [2.75, 3.05) is 0 Å². The molecule has 160 valence electrons. The summed E-state index contributed by atoms with van der Waals surface area (Å²) in [4.78, 5) is 11.1. The van der Waals surface area contributed by atoms with E-state index in [0.717, 1.165) is 32.1 Å². The first-order chi connectivity index (χ1) is 13.2. The normalized spacial score (nSPS) is 51.7. The van der Waals surface area contributed by atoms with Gasteiger partial charge in [0.25, 0.3) is 0 Å². The van der Waals surface area contributed by atoms with E-state index in [4.69, 9.17) is 5.11 Å². The zero-order chi connectivity index (χ0) is 20.3. The summed E-state index contributed by atoms with van der Waals surface area (Å²) in [6.07, 6.45) is 9.19. The highest BCUT2D eigenvalue weighted by atomic mass is 16.4. The lowest BCUT2D eigenvalue weighted by Gasteiger charge is -2.62. The van der Waals surface area contributed by atoms with Crippen LogP contribution in [0.3, 0.4) is 0 Å². The van der Waals surface area contributed by atoms with Gasteiger partial charge in [-0.25, -0.2) is 0 Å². The lowest BCUT2D eigenvalue weighted by atomic mass is 9.43. The van der Waals surface area contributed by atoms with Crippen LogP contribution < -0.4 is 0 Å². The Morgan fingerprint density at radius 2 is 1.68 bits per heavy atom. The number of aliphatic hydroxyl groups is 2. The van der Waals surface area contributed by atoms with Crippen LogP contribution in [-0.2, 0) is 4.79 Å². The first-order valence-corrected chi connectivity index (χ1v) is 11.7. The molecule has 3 N–H and O–H groups in total. The van der Waals surface area contributed by atoms with E-state index in [1.54, 1.807) is 0 Å². The van der Waals surface area contributed by atoms with Gasteiger partial charge in [0.15, 0.2) is 0 Å². The van der Waals surface area contributed by atoms with E-state index in [0.29, 0.717) is 35.5 Å². The van der Waals surface area contributed by atoms with Gasteiger partial charge < -0.3 is 15.3 Å². The number of aliphatic carboxylic acids is 1. The highest BCUT2D eigenvalue weighted by molar-refractivity contribution is 5.66. The number of hydrogen-bond acceptors (Lipinski definition) is 3. The molecule has 0 unspecified atom stereocenters. The first-order valence-electron chi connectivity index (χ1n) is 11.7. The van der Waals surface area contributed by atoms with Gasteiger partial charge in [-0.05, 0) is 104 Å². The molecule has 4 aliphatic carbocycles. The van der Waals surface area contributed by atoms with Crippen molar-refractivity contribution in [3.05, 3.63) is 0 Å². The van der Waals surface area contributed by atoms with Gasteiger partial charge in [0.2, 0.25) is 0 Å². The number of hydrogen-bond donors (Lipinski definition) is 3. The lowest BCUT2D eigenvalue weighted by molar-refractivity contribution is -0.174. The molecule has 10 atom stereocenters. The summed E-state index contributed by atoms with van der Waals surface area (Å²) in [6, 6.07) is 0. The molecule has 4 rings (SSSR count). The predicted molar refractivity (Wildman–Crippen MR) is 109 cm³/mol. The summed E-state index contributed by atoms with van der Waals surface area (Å²) in [5, 5.41) is 30.5. The van der Waals surface area contributed by atoms with Gasteiger partial charge in [-0.15, -0.1) is 0 Å². The fourth-order valence-corrected chi connectivity index (χ4v) is 8.73. The molecule has 0 aliphatic heterocycles. The minimum atomic E-state index is -0.684. The molecule has 0 aromatic heterocycles. The Labute approximate surface area is 170 Å². The first kappa shape index (κ1) is 20.7. The summed E-state index contributed by atoms with van der Waals surface area (Å²) in [7, 11) is 0. The second-order valence-electron chi connectivity index (χ2n) is 11.4. The van der Waals surface area contributed by atoms with E-state index in [1.165, 1.54) is 25.7 Å². The molecular formula is C24H40O4. The Hall–Kier alpha value is -0.610. The molecule has 28 heavy (non-hydrogen) atoms. The maximum atomic E-state index is 11.2. The average Bonchev–Trinajstić information content (AvgIpc) is 2.98. The Balaban J connectivity index is 1.55. The van der Waals surface area contributed by atoms with Crippen molar-refractivity contribution >= 4 is 5.97 Å².